The molecule has 0 radical (unpaired) electrons. The van der Waals surface area contributed by atoms with Crippen molar-refractivity contribution in [2.45, 2.75) is 39.2 Å². The van der Waals surface area contributed by atoms with Gasteiger partial charge in [0.25, 0.3) is 0 Å². The highest BCUT2D eigenvalue weighted by molar-refractivity contribution is 7.18. The van der Waals surface area contributed by atoms with E-state index in [1.54, 1.807) is 0 Å². The Bertz CT molecular complexity index is 662. The van der Waals surface area contributed by atoms with Crippen molar-refractivity contribution in [2.24, 2.45) is 0 Å². The van der Waals surface area contributed by atoms with Gasteiger partial charge in [-0.3, -0.25) is 4.79 Å². The Kier molecular flexibility index (Phi) is 6.10. The van der Waals surface area contributed by atoms with Crippen LogP contribution in [0.2, 0.25) is 0 Å². The first-order valence-electron chi connectivity index (χ1n) is 7.55. The number of hydrogen-bond acceptors (Lipinski definition) is 5. The highest BCUT2D eigenvalue weighted by atomic mass is 35.5. The van der Waals surface area contributed by atoms with Gasteiger partial charge in [0, 0.05) is 18.0 Å². The van der Waals surface area contributed by atoms with Gasteiger partial charge in [-0.15, -0.1) is 22.6 Å². The van der Waals surface area contributed by atoms with E-state index in [0.717, 1.165) is 30.0 Å². The molecule has 1 aliphatic heterocycles. The van der Waals surface area contributed by atoms with Crippen LogP contribution in [0.4, 0.5) is 5.13 Å². The van der Waals surface area contributed by atoms with Crippen LogP contribution in [0.5, 0.6) is 0 Å². The lowest BCUT2D eigenvalue weighted by atomic mass is 10.1. The zero-order chi connectivity index (χ0) is 15.5. The molecule has 1 atom stereocenters. The number of amides is 1. The molecule has 1 aromatic heterocycles. The SMILES string of the molecule is Cc1cc(C)cc(-c2nnc(NC(=O)CC3CCCN3)s2)c1.Cl. The number of rotatable bonds is 4. The fraction of sp³-hybridized carbons (Fsp3) is 0.438. The summed E-state index contributed by atoms with van der Waals surface area (Å²) in [4.78, 5) is 12.0. The van der Waals surface area contributed by atoms with E-state index in [-0.39, 0.29) is 18.3 Å². The van der Waals surface area contributed by atoms with Crippen molar-refractivity contribution < 1.29 is 4.79 Å². The zero-order valence-electron chi connectivity index (χ0n) is 13.3. The largest absolute Gasteiger partial charge is 0.313 e. The van der Waals surface area contributed by atoms with Gasteiger partial charge in [0.1, 0.15) is 5.01 Å². The molecule has 2 aromatic rings. The number of carbonyl (C=O) groups excluding carboxylic acids is 1. The molecule has 1 saturated heterocycles. The average molecular weight is 353 g/mol. The first-order valence-corrected chi connectivity index (χ1v) is 8.37. The lowest BCUT2D eigenvalue weighted by molar-refractivity contribution is -0.116. The first-order chi connectivity index (χ1) is 10.6. The summed E-state index contributed by atoms with van der Waals surface area (Å²) >= 11 is 1.42. The number of aromatic nitrogens is 2. The Balaban J connectivity index is 0.00000192. The molecule has 1 amide bonds. The molecule has 3 rings (SSSR count). The number of nitrogens with one attached hydrogen (secondary N) is 2. The number of nitrogens with zero attached hydrogens (tertiary/aromatic N) is 2. The van der Waals surface area contributed by atoms with Gasteiger partial charge in [-0.2, -0.15) is 0 Å². The lowest BCUT2D eigenvalue weighted by Gasteiger charge is -2.08. The summed E-state index contributed by atoms with van der Waals surface area (Å²) in [6.45, 7) is 5.14. The summed E-state index contributed by atoms with van der Waals surface area (Å²) in [5, 5.41) is 15.9. The third kappa shape index (κ3) is 4.73. The van der Waals surface area contributed by atoms with Gasteiger partial charge in [0.05, 0.1) is 0 Å². The standard InChI is InChI=1S/C16H20N4OS.ClH/c1-10-6-11(2)8-12(7-10)15-19-20-16(22-15)18-14(21)9-13-4-3-5-17-13;/h6-8,13,17H,3-5,9H2,1-2H3,(H,18,20,21);1H. The van der Waals surface area contributed by atoms with Crippen molar-refractivity contribution in [2.75, 3.05) is 11.9 Å². The van der Waals surface area contributed by atoms with Crippen LogP contribution in [0.3, 0.4) is 0 Å². The molecular weight excluding hydrogens is 332 g/mol. The van der Waals surface area contributed by atoms with E-state index in [1.807, 2.05) is 0 Å². The highest BCUT2D eigenvalue weighted by Gasteiger charge is 2.18. The second-order valence-electron chi connectivity index (χ2n) is 5.83. The maximum absolute atomic E-state index is 12.0. The van der Waals surface area contributed by atoms with Gasteiger partial charge in [0.2, 0.25) is 11.0 Å². The van der Waals surface area contributed by atoms with E-state index < -0.39 is 0 Å². The molecule has 23 heavy (non-hydrogen) atoms. The zero-order valence-corrected chi connectivity index (χ0v) is 14.9. The minimum absolute atomic E-state index is 0. The molecule has 0 aliphatic carbocycles. The summed E-state index contributed by atoms with van der Waals surface area (Å²) in [6.07, 6.45) is 2.71. The maximum atomic E-state index is 12.0. The van der Waals surface area contributed by atoms with Gasteiger partial charge >= 0.3 is 0 Å². The molecular formula is C16H21ClN4OS. The van der Waals surface area contributed by atoms with Crippen LogP contribution in [0, 0.1) is 13.8 Å². The Morgan fingerprint density at radius 3 is 2.70 bits per heavy atom. The Morgan fingerprint density at radius 1 is 1.30 bits per heavy atom. The third-order valence-electron chi connectivity index (χ3n) is 3.73. The molecule has 5 nitrogen and oxygen atoms in total. The van der Waals surface area contributed by atoms with Crippen molar-refractivity contribution >= 4 is 34.8 Å². The number of benzene rings is 1. The second kappa shape index (κ2) is 7.86. The monoisotopic (exact) mass is 352 g/mol. The number of halogens is 1. The maximum Gasteiger partial charge on any atom is 0.227 e. The van der Waals surface area contributed by atoms with Crippen LogP contribution >= 0.6 is 23.7 Å². The predicted molar refractivity (Wildman–Crippen MR) is 96.3 cm³/mol. The van der Waals surface area contributed by atoms with Crippen molar-refractivity contribution in [3.05, 3.63) is 29.3 Å². The first kappa shape index (κ1) is 17.8. The molecule has 124 valence electrons. The predicted octanol–water partition coefficient (Wildman–Crippen LogP) is 3.32. The summed E-state index contributed by atoms with van der Waals surface area (Å²) < 4.78 is 0. The molecule has 2 heterocycles. The summed E-state index contributed by atoms with van der Waals surface area (Å²) in [5.74, 6) is 0.00234. The molecule has 2 N–H and O–H groups in total. The van der Waals surface area contributed by atoms with E-state index in [1.165, 1.54) is 22.5 Å². The van der Waals surface area contributed by atoms with Crippen LogP contribution in [0.1, 0.15) is 30.4 Å². The van der Waals surface area contributed by atoms with Crippen LogP contribution in [-0.4, -0.2) is 28.7 Å². The van der Waals surface area contributed by atoms with Crippen molar-refractivity contribution in [3.8, 4) is 10.6 Å². The number of anilines is 1. The topological polar surface area (TPSA) is 66.9 Å². The summed E-state index contributed by atoms with van der Waals surface area (Å²) in [7, 11) is 0. The molecule has 0 bridgehead atoms. The molecule has 7 heteroatoms. The molecule has 1 aromatic carbocycles. The molecule has 1 fully saturated rings. The van der Waals surface area contributed by atoms with Gasteiger partial charge in [-0.1, -0.05) is 28.5 Å². The highest BCUT2D eigenvalue weighted by Crippen LogP contribution is 2.28. The number of carbonyl (C=O) groups is 1. The minimum Gasteiger partial charge on any atom is -0.313 e. The van der Waals surface area contributed by atoms with Crippen molar-refractivity contribution in [1.29, 1.82) is 0 Å². The van der Waals surface area contributed by atoms with Crippen LogP contribution in [0.25, 0.3) is 10.6 Å². The minimum atomic E-state index is 0. The Labute approximate surface area is 146 Å². The van der Waals surface area contributed by atoms with Gasteiger partial charge in [-0.05, 0) is 45.4 Å². The molecule has 0 saturated carbocycles. The van der Waals surface area contributed by atoms with Crippen LogP contribution < -0.4 is 10.6 Å². The molecule has 0 spiro atoms. The fourth-order valence-electron chi connectivity index (χ4n) is 2.81. The van der Waals surface area contributed by atoms with Gasteiger partial charge < -0.3 is 10.6 Å². The smallest absolute Gasteiger partial charge is 0.227 e. The van der Waals surface area contributed by atoms with E-state index in [2.05, 4.69) is 52.9 Å². The van der Waals surface area contributed by atoms with Crippen molar-refractivity contribution in [1.82, 2.24) is 15.5 Å². The number of hydrogen-bond donors (Lipinski definition) is 2. The quantitative estimate of drug-likeness (QED) is 0.885. The third-order valence-corrected chi connectivity index (χ3v) is 4.62. The van der Waals surface area contributed by atoms with E-state index in [4.69, 9.17) is 0 Å². The lowest BCUT2D eigenvalue weighted by Crippen LogP contribution is -2.27. The van der Waals surface area contributed by atoms with Crippen molar-refractivity contribution in [3.63, 3.8) is 0 Å². The van der Waals surface area contributed by atoms with E-state index in [9.17, 15) is 4.79 Å². The molecule has 1 aliphatic rings. The van der Waals surface area contributed by atoms with Gasteiger partial charge in [-0.25, -0.2) is 0 Å². The Hall–Kier alpha value is -1.50. The number of aryl methyl sites for hydroxylation is 2. The fourth-order valence-corrected chi connectivity index (χ4v) is 3.56. The van der Waals surface area contributed by atoms with E-state index >= 15 is 0 Å². The van der Waals surface area contributed by atoms with Crippen LogP contribution in [0.15, 0.2) is 18.2 Å². The Morgan fingerprint density at radius 2 is 2.04 bits per heavy atom. The molecule has 1 unspecified atom stereocenters. The summed E-state index contributed by atoms with van der Waals surface area (Å²) in [5.41, 5.74) is 3.44. The average Bonchev–Trinajstić information content (AvgIpc) is 3.09. The summed E-state index contributed by atoms with van der Waals surface area (Å²) in [6, 6.07) is 6.59. The van der Waals surface area contributed by atoms with Gasteiger partial charge in [0.15, 0.2) is 0 Å². The van der Waals surface area contributed by atoms with E-state index in [0.29, 0.717) is 17.6 Å². The normalized spacial score (nSPS) is 16.9. The van der Waals surface area contributed by atoms with Crippen LogP contribution in [-0.2, 0) is 4.79 Å². The second-order valence-corrected chi connectivity index (χ2v) is 6.81.